The van der Waals surface area contributed by atoms with Gasteiger partial charge >= 0.3 is 5.97 Å². The smallest absolute Gasteiger partial charge is 0.310 e. The highest BCUT2D eigenvalue weighted by atomic mass is 16.5. The zero-order chi connectivity index (χ0) is 19.7. The number of amides is 1. The number of carbonyl (C=O) groups excluding carboxylic acids is 2. The number of methoxy groups -OCH3 is 2. The van der Waals surface area contributed by atoms with Crippen LogP contribution < -0.4 is 14.8 Å². The topological polar surface area (TPSA) is 73.9 Å². The van der Waals surface area contributed by atoms with Crippen molar-refractivity contribution in [2.24, 2.45) is 29.6 Å². The number of benzene rings is 1. The number of rotatable bonds is 7. The second kappa shape index (κ2) is 8.02. The van der Waals surface area contributed by atoms with Gasteiger partial charge in [0.05, 0.1) is 20.1 Å². The van der Waals surface area contributed by atoms with Gasteiger partial charge in [0.25, 0.3) is 5.91 Å². The number of carbonyl (C=O) groups is 2. The molecule has 1 amide bonds. The number of esters is 1. The lowest BCUT2D eigenvalue weighted by Crippen LogP contribution is -2.48. The lowest BCUT2D eigenvalue weighted by molar-refractivity contribution is -0.164. The predicted molar refractivity (Wildman–Crippen MR) is 103 cm³/mol. The van der Waals surface area contributed by atoms with Crippen molar-refractivity contribution in [1.29, 1.82) is 0 Å². The molecular weight excluding hydrogens is 358 g/mol. The zero-order valence-electron chi connectivity index (χ0n) is 16.6. The van der Waals surface area contributed by atoms with E-state index >= 15 is 0 Å². The van der Waals surface area contributed by atoms with Gasteiger partial charge < -0.3 is 19.5 Å². The van der Waals surface area contributed by atoms with Gasteiger partial charge in [0.1, 0.15) is 0 Å². The summed E-state index contributed by atoms with van der Waals surface area (Å²) in [6.45, 7) is 0.129. The highest BCUT2D eigenvalue weighted by molar-refractivity contribution is 5.81. The van der Waals surface area contributed by atoms with Gasteiger partial charge in [-0.15, -0.1) is 0 Å². The Hall–Kier alpha value is -2.24. The van der Waals surface area contributed by atoms with E-state index in [-0.39, 0.29) is 24.4 Å². The van der Waals surface area contributed by atoms with E-state index in [0.29, 0.717) is 29.9 Å². The van der Waals surface area contributed by atoms with Crippen LogP contribution in [0.3, 0.4) is 0 Å². The van der Waals surface area contributed by atoms with E-state index in [1.807, 2.05) is 12.1 Å². The van der Waals surface area contributed by atoms with Gasteiger partial charge in [0, 0.05) is 6.54 Å². The maximum absolute atomic E-state index is 12.6. The molecule has 4 aliphatic carbocycles. The van der Waals surface area contributed by atoms with Crippen molar-refractivity contribution in [1.82, 2.24) is 5.32 Å². The Kier molecular flexibility index (Phi) is 5.47. The van der Waals surface area contributed by atoms with E-state index in [0.717, 1.165) is 43.1 Å². The summed E-state index contributed by atoms with van der Waals surface area (Å²) in [5, 5.41) is 2.80. The van der Waals surface area contributed by atoms with E-state index < -0.39 is 0 Å². The van der Waals surface area contributed by atoms with E-state index in [1.54, 1.807) is 20.3 Å². The van der Waals surface area contributed by atoms with Crippen molar-refractivity contribution < 1.29 is 23.8 Å². The summed E-state index contributed by atoms with van der Waals surface area (Å²) in [7, 11) is 3.15. The van der Waals surface area contributed by atoms with Crippen LogP contribution in [0.25, 0.3) is 0 Å². The average molecular weight is 387 g/mol. The average Bonchev–Trinajstić information content (AvgIpc) is 2.69. The molecule has 0 aromatic heterocycles. The van der Waals surface area contributed by atoms with Crippen LogP contribution in [0.4, 0.5) is 0 Å². The normalized spacial score (nSPS) is 30.0. The molecule has 1 N–H and O–H groups in total. The Labute approximate surface area is 165 Å². The first-order valence-electron chi connectivity index (χ1n) is 10.2. The molecule has 0 unspecified atom stereocenters. The molecular formula is C22H29NO5. The quantitative estimate of drug-likeness (QED) is 0.728. The molecule has 4 bridgehead atoms. The van der Waals surface area contributed by atoms with Crippen molar-refractivity contribution in [2.45, 2.75) is 38.6 Å². The first-order valence-corrected chi connectivity index (χ1v) is 10.2. The maximum atomic E-state index is 12.6. The first kappa shape index (κ1) is 19.1. The van der Waals surface area contributed by atoms with Gasteiger partial charge in [-0.2, -0.15) is 0 Å². The third-order valence-corrected chi connectivity index (χ3v) is 6.78. The fraction of sp³-hybridized carbons (Fsp3) is 0.636. The standard InChI is InChI=1S/C22H29NO5/c1-26-18-4-3-13(10-19(18)27-2)11-23-20(24)12-28-22(25)21-16-6-14-5-15(8-16)9-17(21)7-14/h3-4,10,14-17,21H,5-9,11-12H2,1-2H3,(H,23,24). The van der Waals surface area contributed by atoms with Gasteiger partial charge in [0.2, 0.25) is 0 Å². The monoisotopic (exact) mass is 387 g/mol. The Morgan fingerprint density at radius 3 is 2.21 bits per heavy atom. The third-order valence-electron chi connectivity index (χ3n) is 6.78. The van der Waals surface area contributed by atoms with E-state index in [4.69, 9.17) is 14.2 Å². The summed E-state index contributed by atoms with van der Waals surface area (Å²) < 4.78 is 15.9. The molecule has 4 aliphatic rings. The molecule has 28 heavy (non-hydrogen) atoms. The largest absolute Gasteiger partial charge is 0.493 e. The Bertz CT molecular complexity index is 718. The SMILES string of the molecule is COc1ccc(CNC(=O)COC(=O)C2C3CC4CC(C3)CC2C4)cc1OC. The van der Waals surface area contributed by atoms with Crippen molar-refractivity contribution in [3.05, 3.63) is 23.8 Å². The number of nitrogens with one attached hydrogen (secondary N) is 1. The van der Waals surface area contributed by atoms with Crippen LogP contribution in [0, 0.1) is 29.6 Å². The van der Waals surface area contributed by atoms with E-state index in [2.05, 4.69) is 5.32 Å². The van der Waals surface area contributed by atoms with Crippen LogP contribution in [0.1, 0.15) is 37.7 Å². The molecule has 1 aromatic carbocycles. The molecule has 4 fully saturated rings. The molecule has 4 saturated carbocycles. The second-order valence-corrected chi connectivity index (χ2v) is 8.53. The van der Waals surface area contributed by atoms with Gasteiger partial charge in [-0.3, -0.25) is 9.59 Å². The van der Waals surface area contributed by atoms with Crippen molar-refractivity contribution in [3.63, 3.8) is 0 Å². The molecule has 0 saturated heterocycles. The summed E-state index contributed by atoms with van der Waals surface area (Å²) in [5.41, 5.74) is 0.887. The minimum atomic E-state index is -0.285. The number of ether oxygens (including phenoxy) is 3. The molecule has 0 spiro atoms. The molecule has 0 aliphatic heterocycles. The van der Waals surface area contributed by atoms with Crippen LogP contribution in [-0.4, -0.2) is 32.7 Å². The minimum Gasteiger partial charge on any atom is -0.493 e. The summed E-state index contributed by atoms with van der Waals surface area (Å²) in [4.78, 5) is 24.8. The van der Waals surface area contributed by atoms with Crippen LogP contribution in [0.5, 0.6) is 11.5 Å². The fourth-order valence-electron chi connectivity index (χ4n) is 5.79. The van der Waals surface area contributed by atoms with Gasteiger partial charge in [0.15, 0.2) is 18.1 Å². The second-order valence-electron chi connectivity index (χ2n) is 8.53. The Morgan fingerprint density at radius 2 is 1.61 bits per heavy atom. The number of hydrogen-bond donors (Lipinski definition) is 1. The molecule has 6 nitrogen and oxygen atoms in total. The lowest BCUT2D eigenvalue weighted by Gasteiger charge is -2.53. The van der Waals surface area contributed by atoms with Crippen LogP contribution in [0.2, 0.25) is 0 Å². The summed E-state index contributed by atoms with van der Waals surface area (Å²) in [6.07, 6.45) is 6.01. The predicted octanol–water partition coefficient (Wildman–Crippen LogP) is 2.94. The molecule has 5 rings (SSSR count). The van der Waals surface area contributed by atoms with E-state index in [1.165, 1.54) is 6.42 Å². The summed E-state index contributed by atoms with van der Waals surface area (Å²) in [5.74, 6) is 3.38. The van der Waals surface area contributed by atoms with Crippen molar-refractivity contribution >= 4 is 11.9 Å². The molecule has 6 heteroatoms. The van der Waals surface area contributed by atoms with Gasteiger partial charge in [-0.05, 0) is 73.5 Å². The fourth-order valence-corrected chi connectivity index (χ4v) is 5.79. The minimum absolute atomic E-state index is 0.00597. The first-order chi connectivity index (χ1) is 13.6. The van der Waals surface area contributed by atoms with E-state index in [9.17, 15) is 9.59 Å². The highest BCUT2D eigenvalue weighted by Gasteiger charge is 2.51. The van der Waals surface area contributed by atoms with Crippen LogP contribution in [-0.2, 0) is 20.9 Å². The zero-order valence-corrected chi connectivity index (χ0v) is 16.6. The third kappa shape index (κ3) is 3.82. The molecule has 0 heterocycles. The molecule has 152 valence electrons. The van der Waals surface area contributed by atoms with Gasteiger partial charge in [-0.1, -0.05) is 6.07 Å². The lowest BCUT2D eigenvalue weighted by atomic mass is 9.52. The Balaban J connectivity index is 1.25. The van der Waals surface area contributed by atoms with Gasteiger partial charge in [-0.25, -0.2) is 0 Å². The Morgan fingerprint density at radius 1 is 0.964 bits per heavy atom. The summed E-state index contributed by atoms with van der Waals surface area (Å²) in [6, 6.07) is 5.48. The van der Waals surface area contributed by atoms with Crippen molar-refractivity contribution in [2.75, 3.05) is 20.8 Å². The summed E-state index contributed by atoms with van der Waals surface area (Å²) >= 11 is 0. The van der Waals surface area contributed by atoms with Crippen molar-refractivity contribution in [3.8, 4) is 11.5 Å². The number of hydrogen-bond acceptors (Lipinski definition) is 5. The molecule has 0 radical (unpaired) electrons. The maximum Gasteiger partial charge on any atom is 0.310 e. The van der Waals surface area contributed by atoms with Crippen LogP contribution >= 0.6 is 0 Å². The highest BCUT2D eigenvalue weighted by Crippen LogP contribution is 2.56. The molecule has 0 atom stereocenters. The molecule has 1 aromatic rings. The van der Waals surface area contributed by atoms with Crippen LogP contribution in [0.15, 0.2) is 18.2 Å².